The van der Waals surface area contributed by atoms with Crippen LogP contribution < -0.4 is 27.2 Å². The molecule has 0 aliphatic heterocycles. The number of hydrogen-bond acceptors (Lipinski definition) is 8. The van der Waals surface area contributed by atoms with Crippen LogP contribution in [-0.4, -0.2) is 26.2 Å². The first-order chi connectivity index (χ1) is 17.0. The Morgan fingerprint density at radius 3 is 2.29 bits per heavy atom. The predicted molar refractivity (Wildman–Crippen MR) is 131 cm³/mol. The van der Waals surface area contributed by atoms with Gasteiger partial charge < -0.3 is 15.8 Å². The number of nitriles is 1. The van der Waals surface area contributed by atoms with Gasteiger partial charge in [-0.1, -0.05) is 30.3 Å². The zero-order valence-corrected chi connectivity index (χ0v) is 19.0. The van der Waals surface area contributed by atoms with Gasteiger partial charge in [0.15, 0.2) is 0 Å². The SMILES string of the molecule is COc1ccc(Cn2c(NCc3cccnc3N)nc(=O)n(Cc3ccc(C#N)cc3)c2=O)cc1. The Kier molecular flexibility index (Phi) is 6.88. The van der Waals surface area contributed by atoms with Crippen LogP contribution in [0.1, 0.15) is 22.3 Å². The highest BCUT2D eigenvalue weighted by Crippen LogP contribution is 2.14. The van der Waals surface area contributed by atoms with Crippen molar-refractivity contribution in [3.8, 4) is 11.8 Å². The molecule has 0 spiro atoms. The number of benzene rings is 2. The lowest BCUT2D eigenvalue weighted by molar-refractivity contribution is 0.414. The number of rotatable bonds is 8. The Morgan fingerprint density at radius 1 is 1.00 bits per heavy atom. The molecular weight excluding hydrogens is 446 g/mol. The molecule has 2 aromatic heterocycles. The van der Waals surface area contributed by atoms with Crippen molar-refractivity contribution in [2.45, 2.75) is 19.6 Å². The molecule has 3 N–H and O–H groups in total. The van der Waals surface area contributed by atoms with Gasteiger partial charge in [0.2, 0.25) is 5.95 Å². The molecule has 0 bridgehead atoms. The molecule has 10 heteroatoms. The summed E-state index contributed by atoms with van der Waals surface area (Å²) in [6, 6.07) is 19.5. The normalized spacial score (nSPS) is 10.5. The first-order valence-electron chi connectivity index (χ1n) is 10.8. The van der Waals surface area contributed by atoms with Crippen LogP contribution in [0.5, 0.6) is 5.75 Å². The van der Waals surface area contributed by atoms with Crippen LogP contribution in [0.4, 0.5) is 11.8 Å². The molecule has 0 aliphatic carbocycles. The first kappa shape index (κ1) is 23.3. The standard InChI is InChI=1S/C25H23N7O3/c1-35-21-10-8-19(9-11-21)15-31-23(29-14-20-3-2-12-28-22(20)27)30-24(33)32(25(31)34)16-18-6-4-17(13-26)5-7-18/h2-12H,14-16H2,1H3,(H2,27,28)(H,29,30,33). The van der Waals surface area contributed by atoms with Gasteiger partial charge in [-0.25, -0.2) is 19.1 Å². The second-order valence-corrected chi connectivity index (χ2v) is 7.73. The molecule has 0 aliphatic rings. The third-order valence-corrected chi connectivity index (χ3v) is 5.44. The molecule has 4 aromatic rings. The van der Waals surface area contributed by atoms with E-state index in [2.05, 4.69) is 15.3 Å². The lowest BCUT2D eigenvalue weighted by Crippen LogP contribution is -2.43. The van der Waals surface area contributed by atoms with Gasteiger partial charge in [-0.15, -0.1) is 0 Å². The smallest absolute Gasteiger partial charge is 0.355 e. The monoisotopic (exact) mass is 469 g/mol. The van der Waals surface area contributed by atoms with Crippen molar-refractivity contribution >= 4 is 11.8 Å². The van der Waals surface area contributed by atoms with Crippen LogP contribution in [0.2, 0.25) is 0 Å². The molecule has 0 unspecified atom stereocenters. The fraction of sp³-hybridized carbons (Fsp3) is 0.160. The van der Waals surface area contributed by atoms with E-state index in [1.807, 2.05) is 18.2 Å². The van der Waals surface area contributed by atoms with Gasteiger partial charge in [0.25, 0.3) is 0 Å². The van der Waals surface area contributed by atoms with Gasteiger partial charge in [0, 0.05) is 18.3 Å². The Balaban J connectivity index is 1.72. The molecule has 0 radical (unpaired) electrons. The van der Waals surface area contributed by atoms with E-state index in [0.717, 1.165) is 10.1 Å². The number of methoxy groups -OCH3 is 1. The van der Waals surface area contributed by atoms with Gasteiger partial charge in [-0.05, 0) is 41.5 Å². The summed E-state index contributed by atoms with van der Waals surface area (Å²) >= 11 is 0. The number of ether oxygens (including phenoxy) is 1. The summed E-state index contributed by atoms with van der Waals surface area (Å²) in [4.78, 5) is 34.5. The Bertz CT molecular complexity index is 1480. The molecule has 4 rings (SSSR count). The molecule has 0 saturated carbocycles. The highest BCUT2D eigenvalue weighted by atomic mass is 16.5. The van der Waals surface area contributed by atoms with E-state index >= 15 is 0 Å². The van der Waals surface area contributed by atoms with E-state index in [1.165, 1.54) is 4.57 Å². The van der Waals surface area contributed by atoms with Crippen molar-refractivity contribution in [2.24, 2.45) is 0 Å². The quantitative estimate of drug-likeness (QED) is 0.399. The molecular formula is C25H23N7O3. The van der Waals surface area contributed by atoms with Gasteiger partial charge in [0.1, 0.15) is 11.6 Å². The van der Waals surface area contributed by atoms with Crippen molar-refractivity contribution in [3.05, 3.63) is 110 Å². The molecule has 10 nitrogen and oxygen atoms in total. The van der Waals surface area contributed by atoms with Gasteiger partial charge >= 0.3 is 11.4 Å². The second kappa shape index (κ2) is 10.4. The highest BCUT2D eigenvalue weighted by molar-refractivity contribution is 5.41. The van der Waals surface area contributed by atoms with Crippen LogP contribution in [0.15, 0.2) is 76.4 Å². The maximum absolute atomic E-state index is 13.5. The first-order valence-corrected chi connectivity index (χ1v) is 10.8. The Morgan fingerprint density at radius 2 is 1.66 bits per heavy atom. The van der Waals surface area contributed by atoms with Crippen molar-refractivity contribution in [1.82, 2.24) is 19.1 Å². The molecule has 0 fully saturated rings. The lowest BCUT2D eigenvalue weighted by atomic mass is 10.1. The van der Waals surface area contributed by atoms with Crippen molar-refractivity contribution in [1.29, 1.82) is 5.26 Å². The second-order valence-electron chi connectivity index (χ2n) is 7.73. The summed E-state index contributed by atoms with van der Waals surface area (Å²) < 4.78 is 7.67. The van der Waals surface area contributed by atoms with Crippen LogP contribution in [0, 0.1) is 11.3 Å². The van der Waals surface area contributed by atoms with Crippen molar-refractivity contribution < 1.29 is 4.74 Å². The van der Waals surface area contributed by atoms with Gasteiger partial charge in [0.05, 0.1) is 31.8 Å². The number of hydrogen-bond donors (Lipinski definition) is 2. The third kappa shape index (κ3) is 5.36. The third-order valence-electron chi connectivity index (χ3n) is 5.44. The molecule has 35 heavy (non-hydrogen) atoms. The Labute approximate surface area is 200 Å². The molecule has 0 amide bonds. The van der Waals surface area contributed by atoms with Crippen LogP contribution >= 0.6 is 0 Å². The van der Waals surface area contributed by atoms with Crippen molar-refractivity contribution in [2.75, 3.05) is 18.2 Å². The number of nitrogens with one attached hydrogen (secondary N) is 1. The zero-order valence-electron chi connectivity index (χ0n) is 19.0. The van der Waals surface area contributed by atoms with E-state index in [9.17, 15) is 9.59 Å². The maximum atomic E-state index is 13.5. The zero-order chi connectivity index (χ0) is 24.8. The average molecular weight is 470 g/mol. The Hall–Kier alpha value is -4.91. The summed E-state index contributed by atoms with van der Waals surface area (Å²) in [5.74, 6) is 1.16. The fourth-order valence-electron chi connectivity index (χ4n) is 3.50. The number of nitrogens with zero attached hydrogens (tertiary/aromatic N) is 5. The predicted octanol–water partition coefficient (Wildman–Crippen LogP) is 1.97. The summed E-state index contributed by atoms with van der Waals surface area (Å²) in [5.41, 5.74) is 7.44. The fourth-order valence-corrected chi connectivity index (χ4v) is 3.50. The topological polar surface area (TPSA) is 141 Å². The number of nitrogen functional groups attached to an aromatic ring is 1. The minimum Gasteiger partial charge on any atom is -0.497 e. The average Bonchev–Trinajstić information content (AvgIpc) is 2.88. The summed E-state index contributed by atoms with van der Waals surface area (Å²) in [6.07, 6.45) is 1.58. The van der Waals surface area contributed by atoms with Gasteiger partial charge in [-0.3, -0.25) is 4.57 Å². The van der Waals surface area contributed by atoms with E-state index in [-0.39, 0.29) is 25.6 Å². The molecule has 2 aromatic carbocycles. The summed E-state index contributed by atoms with van der Waals surface area (Å²) in [7, 11) is 1.58. The number of nitrogens with two attached hydrogens (primary N) is 1. The molecule has 0 saturated heterocycles. The molecule has 176 valence electrons. The highest BCUT2D eigenvalue weighted by Gasteiger charge is 2.15. The van der Waals surface area contributed by atoms with Crippen LogP contribution in [-0.2, 0) is 19.6 Å². The van der Waals surface area contributed by atoms with E-state index in [4.69, 9.17) is 15.7 Å². The molecule has 0 atom stereocenters. The largest absolute Gasteiger partial charge is 0.497 e. The number of anilines is 2. The maximum Gasteiger partial charge on any atom is 0.355 e. The van der Waals surface area contributed by atoms with E-state index in [1.54, 1.807) is 61.8 Å². The number of pyridine rings is 1. The van der Waals surface area contributed by atoms with Crippen molar-refractivity contribution in [3.63, 3.8) is 0 Å². The van der Waals surface area contributed by atoms with E-state index < -0.39 is 11.4 Å². The van der Waals surface area contributed by atoms with Crippen LogP contribution in [0.25, 0.3) is 0 Å². The lowest BCUT2D eigenvalue weighted by Gasteiger charge is -2.16. The summed E-state index contributed by atoms with van der Waals surface area (Å²) in [5, 5.41) is 12.1. The van der Waals surface area contributed by atoms with E-state index in [0.29, 0.717) is 28.3 Å². The van der Waals surface area contributed by atoms with Crippen LogP contribution in [0.3, 0.4) is 0 Å². The van der Waals surface area contributed by atoms with Gasteiger partial charge in [-0.2, -0.15) is 10.2 Å². The molecule has 2 heterocycles. The minimum atomic E-state index is -0.688. The summed E-state index contributed by atoms with van der Waals surface area (Å²) in [6.45, 7) is 0.428. The minimum absolute atomic E-state index is 0.0226. The number of aromatic nitrogens is 4.